The van der Waals surface area contributed by atoms with Gasteiger partial charge in [-0.25, -0.2) is 28.6 Å². The number of halogens is 3. The van der Waals surface area contributed by atoms with Gasteiger partial charge in [0, 0.05) is 40.9 Å². The third kappa shape index (κ3) is 4.68. The van der Waals surface area contributed by atoms with E-state index in [4.69, 9.17) is 10.5 Å². The third-order valence-corrected chi connectivity index (χ3v) is 4.98. The van der Waals surface area contributed by atoms with Crippen molar-refractivity contribution in [2.24, 2.45) is 5.73 Å². The summed E-state index contributed by atoms with van der Waals surface area (Å²) in [7, 11) is -3.42. The lowest BCUT2D eigenvalue weighted by molar-refractivity contribution is -0.137. The van der Waals surface area contributed by atoms with Crippen LogP contribution in [0.3, 0.4) is 0 Å². The van der Waals surface area contributed by atoms with Gasteiger partial charge in [0.05, 0.1) is 20.9 Å². The van der Waals surface area contributed by atoms with Crippen LogP contribution in [0.25, 0.3) is 23.2 Å². The quantitative estimate of drug-likeness (QED) is 0.587. The fraction of sp³-hybridized carbons (Fsp3) is 0.118. The molecule has 1 amide bonds. The van der Waals surface area contributed by atoms with E-state index in [2.05, 4.69) is 20.1 Å². The van der Waals surface area contributed by atoms with Crippen molar-refractivity contribution < 1.29 is 22.2 Å². The molecule has 2 aromatic heterocycles. The normalized spacial score (nSPS) is 14.3. The maximum absolute atomic E-state index is 13.2. The van der Waals surface area contributed by atoms with Gasteiger partial charge in [-0.2, -0.15) is 13.2 Å². The highest BCUT2D eigenvalue weighted by molar-refractivity contribution is 7.91. The van der Waals surface area contributed by atoms with Crippen LogP contribution in [0.5, 0.6) is 0 Å². The number of primary amides is 1. The first-order valence-corrected chi connectivity index (χ1v) is 10.1. The van der Waals surface area contributed by atoms with Gasteiger partial charge in [0.15, 0.2) is 5.82 Å². The molecule has 0 saturated heterocycles. The van der Waals surface area contributed by atoms with E-state index in [0.29, 0.717) is 11.6 Å². The first kappa shape index (κ1) is 21.1. The Morgan fingerprint density at radius 1 is 1.23 bits per heavy atom. The van der Waals surface area contributed by atoms with E-state index in [-0.39, 0.29) is 21.9 Å². The van der Waals surface area contributed by atoms with Crippen molar-refractivity contribution in [3.63, 3.8) is 0 Å². The molecule has 30 heavy (non-hydrogen) atoms. The summed E-state index contributed by atoms with van der Waals surface area (Å²) in [4.78, 5) is 23.0. The molecule has 3 rings (SSSR count). The number of aromatic nitrogens is 5. The summed E-state index contributed by atoms with van der Waals surface area (Å²) in [5.41, 5.74) is 4.51. The highest BCUT2D eigenvalue weighted by atomic mass is 32.2. The maximum atomic E-state index is 13.2. The molecule has 0 aliphatic rings. The predicted molar refractivity (Wildman–Crippen MR) is 101 cm³/mol. The molecule has 0 fully saturated rings. The van der Waals surface area contributed by atoms with Crippen LogP contribution in [0.4, 0.5) is 13.2 Å². The molecule has 0 aliphatic heterocycles. The number of nitrogens with zero attached hydrogens (tertiary/aromatic N) is 5. The monoisotopic (exact) mass is 437 g/mol. The van der Waals surface area contributed by atoms with E-state index in [0.717, 1.165) is 29.4 Å². The number of amides is 1. The zero-order valence-electron chi connectivity index (χ0n) is 15.3. The second-order valence-electron chi connectivity index (χ2n) is 6.17. The number of hydrogen-bond acceptors (Lipinski definition) is 7. The number of carbonyl (C=O) groups is 1. The number of carbonyl (C=O) groups excluding carboxylic acids is 1. The van der Waals surface area contributed by atoms with Crippen molar-refractivity contribution in [3.8, 4) is 11.4 Å². The molecule has 13 heteroatoms. The number of hydrogen-bond donors (Lipinski definition) is 2. The van der Waals surface area contributed by atoms with E-state index in [1.165, 1.54) is 24.9 Å². The van der Waals surface area contributed by atoms with Crippen LogP contribution in [0.1, 0.15) is 11.1 Å². The number of nitrogens with two attached hydrogens (primary N) is 1. The molecule has 0 bridgehead atoms. The summed E-state index contributed by atoms with van der Waals surface area (Å²) in [5, 5.41) is 4.03. The van der Waals surface area contributed by atoms with Gasteiger partial charge >= 0.3 is 6.18 Å². The van der Waals surface area contributed by atoms with Crippen molar-refractivity contribution in [2.75, 3.05) is 6.26 Å². The predicted octanol–water partition coefficient (Wildman–Crippen LogP) is 2.27. The Bertz CT molecular complexity index is 1240. The van der Waals surface area contributed by atoms with E-state index < -0.39 is 27.4 Å². The van der Waals surface area contributed by atoms with Crippen molar-refractivity contribution >= 4 is 27.4 Å². The Morgan fingerprint density at radius 3 is 2.47 bits per heavy atom. The van der Waals surface area contributed by atoms with Crippen molar-refractivity contribution in [3.05, 3.63) is 54.4 Å². The molecule has 0 spiro atoms. The molecule has 0 aliphatic carbocycles. The largest absolute Gasteiger partial charge is 0.416 e. The summed E-state index contributed by atoms with van der Waals surface area (Å²) < 4.78 is 60.4. The van der Waals surface area contributed by atoms with E-state index in [9.17, 15) is 22.2 Å². The first-order chi connectivity index (χ1) is 13.9. The molecule has 0 saturated carbocycles. The zero-order chi connectivity index (χ0) is 22.1. The van der Waals surface area contributed by atoms with Crippen LogP contribution in [-0.4, -0.2) is 41.1 Å². The standard InChI is InChI=1S/C17H14F3N7O2S/c1-30(22,29)13-3-10(2-12(4-13)17(18,19)20)16-25-9-27(26-16)7-14(15(21)28)11-5-23-8-24-6-11/h2-9,22H,1H3,(H2,21,28)/b14-7+. The van der Waals surface area contributed by atoms with E-state index in [1.807, 2.05) is 0 Å². The molecule has 1 unspecified atom stereocenters. The summed E-state index contributed by atoms with van der Waals surface area (Å²) in [6.45, 7) is 0. The molecular formula is C17H14F3N7O2S. The lowest BCUT2D eigenvalue weighted by atomic mass is 10.1. The molecule has 2 heterocycles. The minimum absolute atomic E-state index is 0.000447. The van der Waals surface area contributed by atoms with E-state index in [1.54, 1.807) is 0 Å². The van der Waals surface area contributed by atoms with E-state index >= 15 is 0 Å². The highest BCUT2D eigenvalue weighted by Gasteiger charge is 2.32. The lowest BCUT2D eigenvalue weighted by Gasteiger charge is -2.11. The van der Waals surface area contributed by atoms with Crippen LogP contribution in [-0.2, 0) is 20.7 Å². The summed E-state index contributed by atoms with van der Waals surface area (Å²) >= 11 is 0. The third-order valence-electron chi connectivity index (χ3n) is 3.85. The van der Waals surface area contributed by atoms with Gasteiger partial charge in [0.2, 0.25) is 0 Å². The lowest BCUT2D eigenvalue weighted by Crippen LogP contribution is -2.14. The number of alkyl halides is 3. The van der Waals surface area contributed by atoms with Gasteiger partial charge in [-0.15, -0.1) is 5.10 Å². The van der Waals surface area contributed by atoms with Crippen LogP contribution >= 0.6 is 0 Å². The topological polar surface area (TPSA) is 140 Å². The van der Waals surface area contributed by atoms with Gasteiger partial charge in [-0.3, -0.25) is 4.79 Å². The molecule has 9 nitrogen and oxygen atoms in total. The summed E-state index contributed by atoms with van der Waals surface area (Å²) in [5.74, 6) is -0.932. The van der Waals surface area contributed by atoms with Crippen molar-refractivity contribution in [1.82, 2.24) is 24.7 Å². The van der Waals surface area contributed by atoms with Gasteiger partial charge in [-0.1, -0.05) is 0 Å². The van der Waals surface area contributed by atoms with Gasteiger partial charge in [-0.05, 0) is 18.2 Å². The van der Waals surface area contributed by atoms with Crippen molar-refractivity contribution in [1.29, 1.82) is 4.78 Å². The molecule has 1 aromatic carbocycles. The Balaban J connectivity index is 2.09. The minimum Gasteiger partial charge on any atom is -0.366 e. The molecule has 1 atom stereocenters. The van der Waals surface area contributed by atoms with Gasteiger partial charge in [0.25, 0.3) is 5.91 Å². The maximum Gasteiger partial charge on any atom is 0.416 e. The smallest absolute Gasteiger partial charge is 0.366 e. The number of nitrogens with one attached hydrogen (secondary N) is 1. The summed E-state index contributed by atoms with van der Waals surface area (Å²) in [6, 6.07) is 2.61. The van der Waals surface area contributed by atoms with Crippen LogP contribution in [0.2, 0.25) is 0 Å². The molecule has 156 valence electrons. The minimum atomic E-state index is -4.72. The van der Waals surface area contributed by atoms with Gasteiger partial charge in [0.1, 0.15) is 12.7 Å². The van der Waals surface area contributed by atoms with Crippen LogP contribution in [0.15, 0.2) is 48.1 Å². The first-order valence-electron chi connectivity index (χ1n) is 8.10. The van der Waals surface area contributed by atoms with Crippen molar-refractivity contribution in [2.45, 2.75) is 11.1 Å². The number of benzene rings is 1. The molecule has 3 N–H and O–H groups in total. The van der Waals surface area contributed by atoms with Crippen LogP contribution < -0.4 is 5.73 Å². The second kappa shape index (κ2) is 7.67. The Labute approximate surface area is 168 Å². The summed E-state index contributed by atoms with van der Waals surface area (Å²) in [6.07, 6.45) is 2.65. The highest BCUT2D eigenvalue weighted by Crippen LogP contribution is 2.34. The Morgan fingerprint density at radius 2 is 1.90 bits per heavy atom. The average molecular weight is 437 g/mol. The number of rotatable bonds is 5. The fourth-order valence-corrected chi connectivity index (χ4v) is 3.14. The Kier molecular flexibility index (Phi) is 5.39. The van der Waals surface area contributed by atoms with Gasteiger partial charge < -0.3 is 5.73 Å². The SMILES string of the molecule is CS(=N)(=O)c1cc(-c2ncn(/C=C(/C(N)=O)c3cncnc3)n2)cc(C(F)(F)F)c1. The fourth-order valence-electron chi connectivity index (χ4n) is 2.44. The molecule has 0 radical (unpaired) electrons. The molecular weight excluding hydrogens is 423 g/mol. The zero-order valence-corrected chi connectivity index (χ0v) is 16.1. The average Bonchev–Trinajstić information content (AvgIpc) is 3.13. The molecule has 3 aromatic rings. The Hall–Kier alpha value is -3.61. The van der Waals surface area contributed by atoms with Crippen LogP contribution in [0, 0.1) is 4.78 Å². The second-order valence-corrected chi connectivity index (χ2v) is 8.33.